The standard InChI is InChI=1S/C82H66N2.C36H31N.C10H6Br2/c1-49(2)51-31-35-53(36-32-51)83(55-39-41-65-73-45-69-61-23-13-9-19-57(61)59-21-11-15-25-63(59)71(69)47-77(73)81(5,6)75(65)43-55)79-29-17-28-68-67(79)27-18-30-80(68)84(54-37-33-52(34-38-54)50(3)4)56-40-42-66-74-46-70-62-24-14-10-20-58(62)60-22-12-16-26-64(60)72(70)48-78(74)82(7,8)76(66)44-56;1-22(2)23-13-15-24(16-14-23)37-25-17-18-30-33-20-31-28-11-7-5-9-26(28)27-10-6-8-12-29(27)32(31)21-35(33)36(3,4)34(30)19-25;11-9-5-1-3-7-8(9)4-2-6-10(7)12/h9-50H,1-8H3;5-22,37H,1-4H3;1-6H. The van der Waals surface area contributed by atoms with Crippen LogP contribution < -0.4 is 15.1 Å². The van der Waals surface area contributed by atoms with Gasteiger partial charge in [0, 0.05) is 70.1 Å². The van der Waals surface area contributed by atoms with Crippen LogP contribution in [0.4, 0.5) is 45.5 Å². The summed E-state index contributed by atoms with van der Waals surface area (Å²) in [5, 5.41) is 32.2. The van der Waals surface area contributed by atoms with Crippen molar-refractivity contribution in [2.75, 3.05) is 15.1 Å². The summed E-state index contributed by atoms with van der Waals surface area (Å²) in [5.74, 6) is 1.37. The molecule has 3 aliphatic rings. The van der Waals surface area contributed by atoms with Crippen LogP contribution in [-0.2, 0) is 16.2 Å². The molecular formula is C128H103Br2N3. The van der Waals surface area contributed by atoms with E-state index in [0.717, 1.165) is 54.4 Å². The lowest BCUT2D eigenvalue weighted by molar-refractivity contribution is 0.661. The highest BCUT2D eigenvalue weighted by Crippen LogP contribution is 2.58. The molecule has 0 saturated carbocycles. The van der Waals surface area contributed by atoms with Crippen LogP contribution >= 0.6 is 31.9 Å². The van der Waals surface area contributed by atoms with Gasteiger partial charge in [-0.1, -0.05) is 364 Å². The minimum atomic E-state index is -0.256. The second-order valence-corrected chi connectivity index (χ2v) is 41.2. The largest absolute Gasteiger partial charge is 0.356 e. The van der Waals surface area contributed by atoms with Gasteiger partial charge in [-0.15, -0.1) is 0 Å². The molecule has 22 aromatic carbocycles. The molecular weight excluding hydrogens is 1740 g/mol. The van der Waals surface area contributed by atoms with Gasteiger partial charge < -0.3 is 15.1 Å². The van der Waals surface area contributed by atoms with Crippen LogP contribution in [0.1, 0.15) is 151 Å². The molecule has 0 spiro atoms. The van der Waals surface area contributed by atoms with E-state index in [4.69, 9.17) is 0 Å². The number of nitrogens with zero attached hydrogens (tertiary/aromatic N) is 2. The summed E-state index contributed by atoms with van der Waals surface area (Å²) in [5.41, 5.74) is 28.7. The number of hydrogen-bond acceptors (Lipinski definition) is 3. The number of fused-ring (bicyclic) bond motifs is 29. The van der Waals surface area contributed by atoms with E-state index in [1.165, 1.54) is 202 Å². The first-order chi connectivity index (χ1) is 64.5. The van der Waals surface area contributed by atoms with Crippen molar-refractivity contribution < 1.29 is 0 Å². The van der Waals surface area contributed by atoms with E-state index in [0.29, 0.717) is 17.8 Å². The van der Waals surface area contributed by atoms with Crippen LogP contribution in [0.15, 0.2) is 391 Å². The third-order valence-corrected chi connectivity index (χ3v) is 31.2. The Kier molecular flexibility index (Phi) is 20.2. The van der Waals surface area contributed by atoms with E-state index in [2.05, 4.69) is 500 Å². The van der Waals surface area contributed by atoms with Crippen LogP contribution in [0.25, 0.3) is 152 Å². The van der Waals surface area contributed by atoms with Gasteiger partial charge in [-0.3, -0.25) is 0 Å². The molecule has 0 amide bonds. The zero-order chi connectivity index (χ0) is 90.8. The van der Waals surface area contributed by atoms with Crippen molar-refractivity contribution in [3.63, 3.8) is 0 Å². The maximum Gasteiger partial charge on any atom is 0.0540 e. The Labute approximate surface area is 796 Å². The lowest BCUT2D eigenvalue weighted by Crippen LogP contribution is -2.17. The zero-order valence-corrected chi connectivity index (χ0v) is 80.4. The molecule has 0 heterocycles. The molecule has 1 N–H and O–H groups in total. The first kappa shape index (κ1) is 83.4. The van der Waals surface area contributed by atoms with E-state index in [9.17, 15) is 0 Å². The molecule has 0 saturated heterocycles. The molecule has 22 aromatic rings. The van der Waals surface area contributed by atoms with E-state index in [1.807, 2.05) is 12.1 Å². The minimum Gasteiger partial charge on any atom is -0.356 e. The molecule has 25 rings (SSSR count). The van der Waals surface area contributed by atoms with Gasteiger partial charge in [0.25, 0.3) is 0 Å². The van der Waals surface area contributed by atoms with Crippen molar-refractivity contribution in [1.82, 2.24) is 0 Å². The second kappa shape index (κ2) is 32.2. The number of hydrogen-bond donors (Lipinski definition) is 1. The first-order valence-electron chi connectivity index (χ1n) is 47.1. The van der Waals surface area contributed by atoms with Crippen molar-refractivity contribution >= 4 is 196 Å². The number of rotatable bonds is 11. The fraction of sp³-hybridized carbons (Fsp3) is 0.141. The Morgan fingerprint density at radius 3 is 0.737 bits per heavy atom. The van der Waals surface area contributed by atoms with Crippen LogP contribution in [-0.4, -0.2) is 0 Å². The highest BCUT2D eigenvalue weighted by atomic mass is 79.9. The molecule has 0 radical (unpaired) electrons. The topological polar surface area (TPSA) is 18.5 Å². The second-order valence-electron chi connectivity index (χ2n) is 39.5. The molecule has 0 fully saturated rings. The van der Waals surface area contributed by atoms with E-state index in [-0.39, 0.29) is 16.2 Å². The Morgan fingerprint density at radius 1 is 0.195 bits per heavy atom. The van der Waals surface area contributed by atoms with Crippen molar-refractivity contribution in [3.05, 3.63) is 441 Å². The van der Waals surface area contributed by atoms with E-state index >= 15 is 0 Å². The molecule has 5 heteroatoms. The lowest BCUT2D eigenvalue weighted by atomic mass is 9.81. The number of anilines is 8. The Hall–Kier alpha value is -13.9. The monoisotopic (exact) mass is 1840 g/mol. The molecule has 0 unspecified atom stereocenters. The van der Waals surface area contributed by atoms with Gasteiger partial charge in [0.15, 0.2) is 0 Å². The summed E-state index contributed by atoms with van der Waals surface area (Å²) in [7, 11) is 0. The van der Waals surface area contributed by atoms with Crippen LogP contribution in [0, 0.1) is 0 Å². The molecule has 644 valence electrons. The third-order valence-electron chi connectivity index (χ3n) is 29.8. The smallest absolute Gasteiger partial charge is 0.0540 e. The predicted molar refractivity (Wildman–Crippen MR) is 581 cm³/mol. The van der Waals surface area contributed by atoms with Crippen LogP contribution in [0.2, 0.25) is 0 Å². The SMILES string of the molecule is Brc1cccc2c(Br)cccc12.CC(C)c1ccc(N(c2ccc3c(c2)C(C)(C)c2cc4c5ccccc5c5ccccc5c4cc2-3)c2cccc3c(N(c4ccc(C(C)C)cc4)c4ccc5c(c4)C(C)(C)c4cc6c7ccccc7c7ccccc7c6cc4-5)cccc23)cc1.CC(C)c1ccc(Nc2ccc3c(c2)C(C)(C)c2cc4c5ccccc5c5ccccc5c4cc2-3)cc1. The predicted octanol–water partition coefficient (Wildman–Crippen LogP) is 38.2. The Balaban J connectivity index is 0.000000166. The molecule has 0 aliphatic heterocycles. The number of nitrogens with one attached hydrogen (secondary N) is 1. The first-order valence-corrected chi connectivity index (χ1v) is 48.7. The fourth-order valence-corrected chi connectivity index (χ4v) is 23.6. The Morgan fingerprint density at radius 2 is 0.429 bits per heavy atom. The zero-order valence-electron chi connectivity index (χ0n) is 77.3. The molecule has 0 atom stereocenters. The average molecular weight is 1840 g/mol. The molecule has 3 aliphatic carbocycles. The molecule has 3 nitrogen and oxygen atoms in total. The van der Waals surface area contributed by atoms with Gasteiger partial charge in [-0.05, 0) is 342 Å². The number of halogens is 2. The van der Waals surface area contributed by atoms with Gasteiger partial charge in [-0.2, -0.15) is 0 Å². The summed E-state index contributed by atoms with van der Waals surface area (Å²) in [6.45, 7) is 28.0. The lowest BCUT2D eigenvalue weighted by Gasteiger charge is -2.31. The van der Waals surface area contributed by atoms with Crippen molar-refractivity contribution in [1.29, 1.82) is 0 Å². The summed E-state index contributed by atoms with van der Waals surface area (Å²) >= 11 is 7.02. The number of benzene rings is 22. The highest BCUT2D eigenvalue weighted by molar-refractivity contribution is 9.11. The minimum absolute atomic E-state index is 0.0786. The van der Waals surface area contributed by atoms with Crippen molar-refractivity contribution in [3.8, 4) is 33.4 Å². The third kappa shape index (κ3) is 13.7. The summed E-state index contributed by atoms with van der Waals surface area (Å²) in [6.07, 6.45) is 0. The van der Waals surface area contributed by atoms with Gasteiger partial charge in [-0.25, -0.2) is 0 Å². The van der Waals surface area contributed by atoms with Gasteiger partial charge in [0.05, 0.1) is 11.4 Å². The average Bonchev–Trinajstić information content (AvgIpc) is 1.58. The van der Waals surface area contributed by atoms with Gasteiger partial charge in [0.1, 0.15) is 0 Å². The maximum atomic E-state index is 3.65. The van der Waals surface area contributed by atoms with Crippen molar-refractivity contribution in [2.45, 2.75) is 117 Å². The van der Waals surface area contributed by atoms with E-state index < -0.39 is 0 Å². The van der Waals surface area contributed by atoms with Gasteiger partial charge >= 0.3 is 0 Å². The summed E-state index contributed by atoms with van der Waals surface area (Å²) in [6, 6.07) is 143. The normalized spacial score (nSPS) is 13.6. The van der Waals surface area contributed by atoms with Crippen LogP contribution in [0.5, 0.6) is 0 Å². The summed E-state index contributed by atoms with van der Waals surface area (Å²) in [4.78, 5) is 5.03. The fourth-order valence-electron chi connectivity index (χ4n) is 22.6. The van der Waals surface area contributed by atoms with Crippen molar-refractivity contribution in [2.24, 2.45) is 0 Å². The molecule has 0 bridgehead atoms. The summed E-state index contributed by atoms with van der Waals surface area (Å²) < 4.78 is 2.28. The quantitative estimate of drug-likeness (QED) is 0.130. The van der Waals surface area contributed by atoms with E-state index in [1.54, 1.807) is 0 Å². The maximum absolute atomic E-state index is 3.65. The Bertz CT molecular complexity index is 8200. The molecule has 133 heavy (non-hydrogen) atoms. The van der Waals surface area contributed by atoms with Crippen LogP contribution in [0.3, 0.4) is 0 Å². The van der Waals surface area contributed by atoms with Gasteiger partial charge in [0.2, 0.25) is 0 Å². The highest BCUT2D eigenvalue weighted by Gasteiger charge is 2.41. The molecule has 0 aromatic heterocycles.